The molecule has 1 amide bonds. The third-order valence-electron chi connectivity index (χ3n) is 4.25. The van der Waals surface area contributed by atoms with Crippen molar-refractivity contribution in [2.24, 2.45) is 0 Å². The van der Waals surface area contributed by atoms with E-state index in [2.05, 4.69) is 15.5 Å². The highest BCUT2D eigenvalue weighted by Gasteiger charge is 2.28. The fraction of sp³-hybridized carbons (Fsp3) is 0.235. The predicted molar refractivity (Wildman–Crippen MR) is 90.7 cm³/mol. The van der Waals surface area contributed by atoms with Crippen molar-refractivity contribution in [3.63, 3.8) is 0 Å². The maximum Gasteiger partial charge on any atom is 0.232 e. The van der Waals surface area contributed by atoms with Crippen molar-refractivity contribution in [1.29, 1.82) is 0 Å². The zero-order valence-electron chi connectivity index (χ0n) is 13.0. The van der Waals surface area contributed by atoms with Gasteiger partial charge in [0.15, 0.2) is 5.65 Å². The van der Waals surface area contributed by atoms with Crippen LogP contribution in [0, 0.1) is 6.92 Å². The van der Waals surface area contributed by atoms with Gasteiger partial charge in [0.1, 0.15) is 12.1 Å². The summed E-state index contributed by atoms with van der Waals surface area (Å²) in [5.41, 5.74) is 3.05. The normalized spacial score (nSPS) is 16.5. The second-order valence-electron chi connectivity index (χ2n) is 5.80. The van der Waals surface area contributed by atoms with E-state index >= 15 is 0 Å². The molecule has 2 aromatic heterocycles. The number of amides is 1. The fourth-order valence-electron chi connectivity index (χ4n) is 2.98. The molecule has 0 bridgehead atoms. The van der Waals surface area contributed by atoms with E-state index in [1.165, 1.54) is 0 Å². The molecule has 1 aliphatic heterocycles. The van der Waals surface area contributed by atoms with Gasteiger partial charge in [-0.25, -0.2) is 0 Å². The SMILES string of the molecule is Cc1ccn2cnnc2c1NC(=O)[C@@H]1CCOc2ccc(Cl)cc21. The maximum atomic E-state index is 12.9. The monoisotopic (exact) mass is 342 g/mol. The Morgan fingerprint density at radius 2 is 2.29 bits per heavy atom. The second kappa shape index (κ2) is 5.79. The molecule has 122 valence electrons. The molecule has 0 spiro atoms. The summed E-state index contributed by atoms with van der Waals surface area (Å²) in [4.78, 5) is 12.9. The third-order valence-corrected chi connectivity index (χ3v) is 4.49. The van der Waals surface area contributed by atoms with Gasteiger partial charge in [-0.1, -0.05) is 11.6 Å². The number of ether oxygens (including phenoxy) is 1. The van der Waals surface area contributed by atoms with Crippen LogP contribution < -0.4 is 10.1 Å². The molecule has 0 fully saturated rings. The standard InChI is InChI=1S/C17H15ClN4O2/c1-10-4-6-22-9-19-21-16(22)15(10)20-17(23)12-5-7-24-14-3-2-11(18)8-13(12)14/h2-4,6,8-9,12H,5,7H2,1H3,(H,20,23)/t12-/m1/s1. The van der Waals surface area contributed by atoms with E-state index in [1.807, 2.05) is 25.3 Å². The minimum absolute atomic E-state index is 0.0963. The Morgan fingerprint density at radius 3 is 3.17 bits per heavy atom. The Labute approximate surface area is 143 Å². The van der Waals surface area contributed by atoms with Gasteiger partial charge in [0, 0.05) is 16.8 Å². The lowest BCUT2D eigenvalue weighted by Gasteiger charge is -2.25. The van der Waals surface area contributed by atoms with Crippen LogP contribution in [0.1, 0.15) is 23.5 Å². The van der Waals surface area contributed by atoms with Crippen molar-refractivity contribution in [3.05, 3.63) is 52.9 Å². The molecule has 1 atom stereocenters. The van der Waals surface area contributed by atoms with Crippen molar-refractivity contribution in [3.8, 4) is 5.75 Å². The third kappa shape index (κ3) is 2.49. The lowest BCUT2D eigenvalue weighted by atomic mass is 9.92. The first-order chi connectivity index (χ1) is 11.6. The number of carbonyl (C=O) groups is 1. The Hall–Kier alpha value is -2.60. The molecular formula is C17H15ClN4O2. The van der Waals surface area contributed by atoms with E-state index < -0.39 is 0 Å². The number of hydrogen-bond acceptors (Lipinski definition) is 4. The number of aryl methyl sites for hydroxylation is 1. The van der Waals surface area contributed by atoms with Crippen molar-refractivity contribution in [2.45, 2.75) is 19.3 Å². The number of aromatic nitrogens is 3. The lowest BCUT2D eigenvalue weighted by Crippen LogP contribution is -2.27. The van der Waals surface area contributed by atoms with Gasteiger partial charge in [-0.2, -0.15) is 0 Å². The minimum Gasteiger partial charge on any atom is -0.493 e. The van der Waals surface area contributed by atoms with E-state index in [1.54, 1.807) is 22.9 Å². The van der Waals surface area contributed by atoms with Crippen molar-refractivity contribution < 1.29 is 9.53 Å². The molecule has 0 radical (unpaired) electrons. The van der Waals surface area contributed by atoms with Crippen LogP contribution >= 0.6 is 11.6 Å². The smallest absolute Gasteiger partial charge is 0.232 e. The van der Waals surface area contributed by atoms with E-state index in [0.717, 1.165) is 11.1 Å². The van der Waals surface area contributed by atoms with Crippen LogP contribution in [-0.2, 0) is 4.79 Å². The summed E-state index contributed by atoms with van der Waals surface area (Å²) in [7, 11) is 0. The first kappa shape index (κ1) is 15.0. The number of carbonyl (C=O) groups excluding carboxylic acids is 1. The van der Waals surface area contributed by atoms with E-state index in [9.17, 15) is 4.79 Å². The van der Waals surface area contributed by atoms with Gasteiger partial charge in [0.2, 0.25) is 5.91 Å². The molecule has 24 heavy (non-hydrogen) atoms. The second-order valence-corrected chi connectivity index (χ2v) is 6.23. The largest absolute Gasteiger partial charge is 0.493 e. The Kier molecular flexibility index (Phi) is 3.61. The first-order valence-electron chi connectivity index (χ1n) is 7.65. The quantitative estimate of drug-likeness (QED) is 0.776. The molecule has 0 unspecified atom stereocenters. The van der Waals surface area contributed by atoms with Crippen LogP contribution in [0.15, 0.2) is 36.8 Å². The molecule has 1 aromatic carbocycles. The van der Waals surface area contributed by atoms with Gasteiger partial charge in [0.25, 0.3) is 0 Å². The Bertz CT molecular complexity index is 937. The number of nitrogens with one attached hydrogen (secondary N) is 1. The number of nitrogens with zero attached hydrogens (tertiary/aromatic N) is 3. The molecule has 0 saturated carbocycles. The van der Waals surface area contributed by atoms with Crippen LogP contribution in [0.5, 0.6) is 5.75 Å². The zero-order valence-corrected chi connectivity index (χ0v) is 13.7. The molecular weight excluding hydrogens is 328 g/mol. The maximum absolute atomic E-state index is 12.9. The van der Waals surface area contributed by atoms with Gasteiger partial charge in [-0.15, -0.1) is 10.2 Å². The molecule has 6 nitrogen and oxygen atoms in total. The van der Waals surface area contributed by atoms with Gasteiger partial charge in [-0.3, -0.25) is 9.20 Å². The van der Waals surface area contributed by atoms with Crippen molar-refractivity contribution in [2.75, 3.05) is 11.9 Å². The Balaban J connectivity index is 1.69. The van der Waals surface area contributed by atoms with Gasteiger partial charge in [0.05, 0.1) is 18.2 Å². The van der Waals surface area contributed by atoms with Crippen LogP contribution in [0.2, 0.25) is 5.02 Å². The lowest BCUT2D eigenvalue weighted by molar-refractivity contribution is -0.118. The number of benzene rings is 1. The fourth-order valence-corrected chi connectivity index (χ4v) is 3.17. The summed E-state index contributed by atoms with van der Waals surface area (Å²) in [5, 5.41) is 11.6. The number of anilines is 1. The number of pyridine rings is 1. The van der Waals surface area contributed by atoms with E-state index in [4.69, 9.17) is 16.3 Å². The van der Waals surface area contributed by atoms with E-state index in [-0.39, 0.29) is 11.8 Å². The number of fused-ring (bicyclic) bond motifs is 2. The van der Waals surface area contributed by atoms with Crippen molar-refractivity contribution in [1.82, 2.24) is 14.6 Å². The molecule has 4 rings (SSSR count). The summed E-state index contributed by atoms with van der Waals surface area (Å²) >= 11 is 6.09. The molecule has 0 aliphatic carbocycles. The van der Waals surface area contributed by atoms with Crippen LogP contribution in [0.25, 0.3) is 5.65 Å². The van der Waals surface area contributed by atoms with Crippen LogP contribution in [0.3, 0.4) is 0 Å². The Morgan fingerprint density at radius 1 is 1.42 bits per heavy atom. The zero-order chi connectivity index (χ0) is 16.7. The van der Waals surface area contributed by atoms with E-state index in [0.29, 0.717) is 35.1 Å². The summed E-state index contributed by atoms with van der Waals surface area (Å²) < 4.78 is 7.40. The highest BCUT2D eigenvalue weighted by atomic mass is 35.5. The summed E-state index contributed by atoms with van der Waals surface area (Å²) in [6.45, 7) is 2.43. The number of hydrogen-bond donors (Lipinski definition) is 1. The number of halogens is 1. The highest BCUT2D eigenvalue weighted by Crippen LogP contribution is 2.36. The molecule has 0 saturated heterocycles. The molecule has 3 heterocycles. The highest BCUT2D eigenvalue weighted by molar-refractivity contribution is 6.30. The average molecular weight is 343 g/mol. The first-order valence-corrected chi connectivity index (χ1v) is 8.03. The summed E-state index contributed by atoms with van der Waals surface area (Å²) in [5.74, 6) is 0.305. The molecule has 1 aliphatic rings. The summed E-state index contributed by atoms with van der Waals surface area (Å²) in [6, 6.07) is 7.29. The van der Waals surface area contributed by atoms with Crippen LogP contribution in [-0.4, -0.2) is 27.1 Å². The van der Waals surface area contributed by atoms with Crippen LogP contribution in [0.4, 0.5) is 5.69 Å². The number of rotatable bonds is 2. The average Bonchev–Trinajstić information content (AvgIpc) is 3.05. The minimum atomic E-state index is -0.310. The predicted octanol–water partition coefficient (Wildman–Crippen LogP) is 3.20. The van der Waals surface area contributed by atoms with Gasteiger partial charge in [-0.05, 0) is 43.2 Å². The summed E-state index contributed by atoms with van der Waals surface area (Å²) in [6.07, 6.45) is 4.08. The molecule has 3 aromatic rings. The van der Waals surface area contributed by atoms with Crippen molar-refractivity contribution >= 4 is 28.8 Å². The topological polar surface area (TPSA) is 68.5 Å². The van der Waals surface area contributed by atoms with Gasteiger partial charge < -0.3 is 10.1 Å². The molecule has 1 N–H and O–H groups in total. The molecule has 7 heteroatoms. The van der Waals surface area contributed by atoms with Gasteiger partial charge >= 0.3 is 0 Å².